The Kier molecular flexibility index (Phi) is 6.15. The first-order valence-corrected chi connectivity index (χ1v) is 11.1. The van der Waals surface area contributed by atoms with E-state index in [1.54, 1.807) is 0 Å². The van der Waals surface area contributed by atoms with Crippen molar-refractivity contribution >= 4 is 39.4 Å². The van der Waals surface area contributed by atoms with Crippen LogP contribution in [0.25, 0.3) is 10.2 Å². The first-order chi connectivity index (χ1) is 15.2. The van der Waals surface area contributed by atoms with E-state index in [1.807, 2.05) is 0 Å². The second-order valence-corrected chi connectivity index (χ2v) is 8.83. The molecule has 1 aliphatic carbocycles. The molecule has 2 aliphatic rings. The normalized spacial score (nSPS) is 21.5. The van der Waals surface area contributed by atoms with Gasteiger partial charge >= 0.3 is 12.3 Å². The highest BCUT2D eigenvalue weighted by atomic mass is 32.1. The summed E-state index contributed by atoms with van der Waals surface area (Å²) in [5, 5.41) is 6.32. The summed E-state index contributed by atoms with van der Waals surface area (Å²) in [6, 6.07) is 0.878. The lowest BCUT2D eigenvalue weighted by Crippen LogP contribution is -2.48. The number of halogens is 4. The van der Waals surface area contributed by atoms with Gasteiger partial charge in [0, 0.05) is 31.9 Å². The van der Waals surface area contributed by atoms with Gasteiger partial charge in [0.2, 0.25) is 0 Å². The van der Waals surface area contributed by atoms with Crippen LogP contribution in [0.3, 0.4) is 0 Å². The third-order valence-electron chi connectivity index (χ3n) is 5.58. The van der Waals surface area contributed by atoms with Gasteiger partial charge in [0.25, 0.3) is 5.91 Å². The highest BCUT2D eigenvalue weighted by molar-refractivity contribution is 7.17. The number of carbonyl (C=O) groups excluding carboxylic acids is 2. The summed E-state index contributed by atoms with van der Waals surface area (Å²) >= 11 is 0.785. The van der Waals surface area contributed by atoms with E-state index in [9.17, 15) is 27.2 Å². The number of rotatable bonds is 5. The van der Waals surface area contributed by atoms with Gasteiger partial charge in [0.05, 0.1) is 27.9 Å². The smallest absolute Gasteiger partial charge is 0.417 e. The van der Waals surface area contributed by atoms with Gasteiger partial charge in [-0.3, -0.25) is 4.79 Å². The van der Waals surface area contributed by atoms with Crippen molar-refractivity contribution in [3.05, 3.63) is 22.6 Å². The van der Waals surface area contributed by atoms with Crippen molar-refractivity contribution < 1.29 is 31.9 Å². The number of hydrogen-bond donors (Lipinski definition) is 2. The number of thiophene rings is 1. The molecule has 2 atom stereocenters. The number of ether oxygens (including phenoxy) is 1. The number of aromatic nitrogens is 1. The van der Waals surface area contributed by atoms with Crippen LogP contribution in [0.1, 0.15) is 35.2 Å². The van der Waals surface area contributed by atoms with Crippen molar-refractivity contribution in [2.45, 2.75) is 37.7 Å². The Morgan fingerprint density at radius 2 is 2.06 bits per heavy atom. The fraction of sp³-hybridized carbons (Fsp3) is 0.550. The molecule has 1 saturated carbocycles. The van der Waals surface area contributed by atoms with Gasteiger partial charge in [-0.2, -0.15) is 13.2 Å². The van der Waals surface area contributed by atoms with Crippen LogP contribution >= 0.6 is 11.3 Å². The van der Waals surface area contributed by atoms with E-state index in [0.29, 0.717) is 12.5 Å². The maximum absolute atomic E-state index is 14.7. The molecule has 2 fully saturated rings. The maximum atomic E-state index is 14.7. The molecule has 0 aromatic carbocycles. The number of piperidine rings is 1. The minimum Gasteiger partial charge on any atom is -0.443 e. The Labute approximate surface area is 185 Å². The molecule has 1 saturated heterocycles. The van der Waals surface area contributed by atoms with E-state index in [4.69, 9.17) is 4.74 Å². The number of amides is 2. The Hall–Kier alpha value is -2.63. The Balaban J connectivity index is 1.54. The third kappa shape index (κ3) is 4.74. The molecule has 2 unspecified atom stereocenters. The van der Waals surface area contributed by atoms with Gasteiger partial charge in [-0.1, -0.05) is 0 Å². The zero-order valence-corrected chi connectivity index (χ0v) is 18.0. The fourth-order valence-corrected chi connectivity index (χ4v) is 4.64. The van der Waals surface area contributed by atoms with E-state index < -0.39 is 36.0 Å². The zero-order valence-electron chi connectivity index (χ0n) is 17.2. The number of carbonyl (C=O) groups is 2. The number of nitrogens with zero attached hydrogens (tertiary/aromatic N) is 2. The van der Waals surface area contributed by atoms with Crippen LogP contribution in [-0.4, -0.2) is 55.9 Å². The topological polar surface area (TPSA) is 83.6 Å². The number of hydrogen-bond acceptors (Lipinski definition) is 6. The number of fused-ring (bicyclic) bond motifs is 1. The van der Waals surface area contributed by atoms with Crippen molar-refractivity contribution in [2.75, 3.05) is 31.6 Å². The molecule has 0 bridgehead atoms. The van der Waals surface area contributed by atoms with Crippen molar-refractivity contribution in [1.82, 2.24) is 15.6 Å². The summed E-state index contributed by atoms with van der Waals surface area (Å²) in [7, 11) is 1.37. The molecule has 0 radical (unpaired) electrons. The molecule has 3 heterocycles. The number of alkyl carbamates (subject to hydrolysis) is 1. The summed E-state index contributed by atoms with van der Waals surface area (Å²) in [6.07, 6.45) is -5.74. The van der Waals surface area contributed by atoms with Crippen LogP contribution < -0.4 is 15.5 Å². The van der Waals surface area contributed by atoms with E-state index in [-0.39, 0.29) is 41.1 Å². The molecule has 32 heavy (non-hydrogen) atoms. The summed E-state index contributed by atoms with van der Waals surface area (Å²) in [4.78, 5) is 29.6. The van der Waals surface area contributed by atoms with Crippen LogP contribution in [0, 0.1) is 5.92 Å². The predicted octanol–water partition coefficient (Wildman–Crippen LogP) is 3.73. The van der Waals surface area contributed by atoms with Crippen molar-refractivity contribution in [3.8, 4) is 0 Å². The van der Waals surface area contributed by atoms with Crippen LogP contribution in [0.2, 0.25) is 0 Å². The van der Waals surface area contributed by atoms with E-state index >= 15 is 0 Å². The molecule has 174 valence electrons. The summed E-state index contributed by atoms with van der Waals surface area (Å²) < 4.78 is 60.8. The van der Waals surface area contributed by atoms with Crippen LogP contribution in [0.5, 0.6) is 0 Å². The highest BCUT2D eigenvalue weighted by Gasteiger charge is 2.38. The second-order valence-electron chi connectivity index (χ2n) is 7.95. The van der Waals surface area contributed by atoms with Crippen molar-refractivity contribution in [2.24, 2.45) is 5.92 Å². The van der Waals surface area contributed by atoms with Crippen LogP contribution in [0.4, 0.5) is 28.2 Å². The lowest BCUT2D eigenvalue weighted by molar-refractivity contribution is -0.136. The van der Waals surface area contributed by atoms with E-state index in [2.05, 4.69) is 15.6 Å². The first kappa shape index (κ1) is 22.6. The quantitative estimate of drug-likeness (QED) is 0.646. The molecule has 7 nitrogen and oxygen atoms in total. The largest absolute Gasteiger partial charge is 0.443 e. The monoisotopic (exact) mass is 474 g/mol. The molecule has 2 aromatic heterocycles. The molecule has 0 spiro atoms. The molecule has 2 aromatic rings. The predicted molar refractivity (Wildman–Crippen MR) is 111 cm³/mol. The number of anilines is 1. The summed E-state index contributed by atoms with van der Waals surface area (Å²) in [5.41, 5.74) is -0.972. The lowest BCUT2D eigenvalue weighted by atomic mass is 10.1. The molecule has 2 amide bonds. The molecular weight excluding hydrogens is 452 g/mol. The number of nitrogens with one attached hydrogen (secondary N) is 2. The highest BCUT2D eigenvalue weighted by Crippen LogP contribution is 2.40. The van der Waals surface area contributed by atoms with Crippen molar-refractivity contribution in [3.63, 3.8) is 0 Å². The average Bonchev–Trinajstić information content (AvgIpc) is 3.48. The first-order valence-electron chi connectivity index (χ1n) is 10.2. The average molecular weight is 474 g/mol. The summed E-state index contributed by atoms with van der Waals surface area (Å²) in [6.45, 7) is 0.360. The maximum Gasteiger partial charge on any atom is 0.417 e. The Morgan fingerprint density at radius 3 is 2.69 bits per heavy atom. The third-order valence-corrected chi connectivity index (χ3v) is 6.59. The number of alkyl halides is 4. The molecule has 1 aliphatic heterocycles. The second kappa shape index (κ2) is 8.72. The van der Waals surface area contributed by atoms with Gasteiger partial charge in [0.1, 0.15) is 11.9 Å². The fourth-order valence-electron chi connectivity index (χ4n) is 3.62. The van der Waals surface area contributed by atoms with Crippen LogP contribution in [0.15, 0.2) is 11.4 Å². The lowest BCUT2D eigenvalue weighted by Gasteiger charge is -2.35. The standard InChI is InChI=1S/C20H22F4N4O3S/c1-25-18(29)11-9-32-17-12(20(22,23)24)6-15(27-16(11)17)28-5-4-14(13(21)8-28)31-19(30)26-7-10-2-3-10/h6,9-10,13-14H,2-5,7-8H2,1H3,(H,25,29)(H,26,30). The number of pyridine rings is 1. The minimum atomic E-state index is -4.67. The van der Waals surface area contributed by atoms with Gasteiger partial charge < -0.3 is 20.3 Å². The zero-order chi connectivity index (χ0) is 23.0. The molecule has 2 N–H and O–H groups in total. The Bertz CT molecular complexity index is 1020. The Morgan fingerprint density at radius 1 is 1.31 bits per heavy atom. The molecule has 12 heteroatoms. The van der Waals surface area contributed by atoms with Gasteiger partial charge in [-0.05, 0) is 24.8 Å². The molecule has 4 rings (SSSR count). The van der Waals surface area contributed by atoms with Crippen molar-refractivity contribution in [1.29, 1.82) is 0 Å². The minimum absolute atomic E-state index is 0.0298. The van der Waals surface area contributed by atoms with Crippen LogP contribution in [-0.2, 0) is 10.9 Å². The van der Waals surface area contributed by atoms with Gasteiger partial charge in [0.15, 0.2) is 6.17 Å². The van der Waals surface area contributed by atoms with E-state index in [0.717, 1.165) is 30.2 Å². The van der Waals surface area contributed by atoms with Gasteiger partial charge in [-0.25, -0.2) is 14.2 Å². The van der Waals surface area contributed by atoms with Gasteiger partial charge in [-0.15, -0.1) is 11.3 Å². The molecular formula is C20H22F4N4O3S. The SMILES string of the molecule is CNC(=O)c1csc2c(C(F)(F)F)cc(N3CCC(OC(=O)NCC4CC4)C(F)C3)nc12. The van der Waals surface area contributed by atoms with E-state index in [1.165, 1.54) is 17.3 Å². The summed E-state index contributed by atoms with van der Waals surface area (Å²) in [5.74, 6) is -0.180.